The molecule has 0 spiro atoms. The number of amidine groups is 1. The quantitative estimate of drug-likeness (QED) is 0.615. The summed E-state index contributed by atoms with van der Waals surface area (Å²) in [5, 5.41) is 8.63. The van der Waals surface area contributed by atoms with Crippen LogP contribution in [0.15, 0.2) is 24.3 Å². The largest absolute Gasteiger partial charge is 0.383 e. The second-order valence-corrected chi connectivity index (χ2v) is 5.08. The van der Waals surface area contributed by atoms with Gasteiger partial charge in [0.1, 0.15) is 5.84 Å². The van der Waals surface area contributed by atoms with Gasteiger partial charge in [-0.3, -0.25) is 5.41 Å². The lowest BCUT2D eigenvalue weighted by Crippen LogP contribution is -2.08. The summed E-state index contributed by atoms with van der Waals surface area (Å²) in [5.41, 5.74) is 6.87. The van der Waals surface area contributed by atoms with Crippen LogP contribution in [0.5, 0.6) is 0 Å². The molecule has 2 rings (SSSR count). The molecule has 0 aliphatic rings. The Bertz CT molecular complexity index is 514. The molecular weight excluding hydrogens is 216 g/mol. The van der Waals surface area contributed by atoms with Gasteiger partial charge in [0.05, 0.1) is 4.88 Å². The molecule has 1 heterocycles. The molecule has 84 valence electrons. The average Bonchev–Trinajstić information content (AvgIpc) is 2.69. The molecule has 0 aliphatic heterocycles. The molecule has 0 saturated heterocycles. The Morgan fingerprint density at radius 1 is 1.38 bits per heavy atom. The van der Waals surface area contributed by atoms with E-state index in [-0.39, 0.29) is 5.84 Å². The second kappa shape index (κ2) is 4.66. The maximum Gasteiger partial charge on any atom is 0.133 e. The van der Waals surface area contributed by atoms with Gasteiger partial charge in [0, 0.05) is 4.70 Å². The van der Waals surface area contributed by atoms with Crippen molar-refractivity contribution in [2.24, 2.45) is 5.73 Å². The van der Waals surface area contributed by atoms with Gasteiger partial charge in [0.15, 0.2) is 0 Å². The third-order valence-corrected chi connectivity index (χ3v) is 3.81. The van der Waals surface area contributed by atoms with E-state index in [0.29, 0.717) is 0 Å². The highest BCUT2D eigenvalue weighted by Crippen LogP contribution is 2.26. The smallest absolute Gasteiger partial charge is 0.133 e. The maximum absolute atomic E-state index is 7.42. The minimum absolute atomic E-state index is 0.163. The van der Waals surface area contributed by atoms with Crippen LogP contribution in [0.25, 0.3) is 10.1 Å². The highest BCUT2D eigenvalue weighted by atomic mass is 32.1. The zero-order valence-corrected chi connectivity index (χ0v) is 10.2. The van der Waals surface area contributed by atoms with Gasteiger partial charge in [0.25, 0.3) is 0 Å². The van der Waals surface area contributed by atoms with Crippen LogP contribution in [0.3, 0.4) is 0 Å². The number of hydrogen-bond acceptors (Lipinski definition) is 2. The molecule has 0 saturated carbocycles. The molecule has 1 aromatic heterocycles. The number of unbranched alkanes of at least 4 members (excludes halogenated alkanes) is 1. The number of nitrogen functional groups attached to an aromatic ring is 1. The summed E-state index contributed by atoms with van der Waals surface area (Å²) in [6, 6.07) is 8.54. The van der Waals surface area contributed by atoms with Crippen LogP contribution >= 0.6 is 11.3 Å². The third-order valence-electron chi connectivity index (χ3n) is 2.67. The molecule has 0 fully saturated rings. The standard InChI is InChI=1S/C13H16N2S/c1-2-3-4-9-5-6-11-10(7-9)8-12(16-11)13(14)15/h5-8H,2-4H2,1H3,(H3,14,15). The lowest BCUT2D eigenvalue weighted by molar-refractivity contribution is 0.796. The van der Waals surface area contributed by atoms with Crippen molar-refractivity contribution in [2.75, 3.05) is 0 Å². The van der Waals surface area contributed by atoms with Crippen molar-refractivity contribution in [1.29, 1.82) is 5.41 Å². The van der Waals surface area contributed by atoms with Crippen LogP contribution in [0.2, 0.25) is 0 Å². The maximum atomic E-state index is 7.42. The fraction of sp³-hybridized carbons (Fsp3) is 0.308. The molecule has 0 unspecified atom stereocenters. The zero-order chi connectivity index (χ0) is 11.5. The predicted molar refractivity (Wildman–Crippen MR) is 71.5 cm³/mol. The first kappa shape index (κ1) is 11.1. The summed E-state index contributed by atoms with van der Waals surface area (Å²) in [6.07, 6.45) is 3.59. The average molecular weight is 232 g/mol. The van der Waals surface area contributed by atoms with Gasteiger partial charge in [-0.2, -0.15) is 0 Å². The van der Waals surface area contributed by atoms with Crippen molar-refractivity contribution in [3.8, 4) is 0 Å². The van der Waals surface area contributed by atoms with E-state index in [1.54, 1.807) is 11.3 Å². The van der Waals surface area contributed by atoms with E-state index < -0.39 is 0 Å². The molecule has 2 nitrogen and oxygen atoms in total. The van der Waals surface area contributed by atoms with Crippen molar-refractivity contribution >= 4 is 27.3 Å². The minimum atomic E-state index is 0.163. The van der Waals surface area contributed by atoms with Gasteiger partial charge in [-0.15, -0.1) is 11.3 Å². The molecule has 3 N–H and O–H groups in total. The number of thiophene rings is 1. The molecule has 3 heteroatoms. The lowest BCUT2D eigenvalue weighted by atomic mass is 10.1. The SMILES string of the molecule is CCCCc1ccc2sc(C(=N)N)cc2c1. The summed E-state index contributed by atoms with van der Waals surface area (Å²) in [7, 11) is 0. The number of nitrogens with one attached hydrogen (secondary N) is 1. The van der Waals surface area contributed by atoms with Gasteiger partial charge in [-0.1, -0.05) is 25.5 Å². The monoisotopic (exact) mass is 232 g/mol. The van der Waals surface area contributed by atoms with Crippen LogP contribution < -0.4 is 5.73 Å². The van der Waals surface area contributed by atoms with Gasteiger partial charge < -0.3 is 5.73 Å². The van der Waals surface area contributed by atoms with Crippen molar-refractivity contribution in [1.82, 2.24) is 0 Å². The molecule has 0 radical (unpaired) electrons. The van der Waals surface area contributed by atoms with E-state index in [2.05, 4.69) is 25.1 Å². The van der Waals surface area contributed by atoms with Crippen LogP contribution in [-0.2, 0) is 6.42 Å². The summed E-state index contributed by atoms with van der Waals surface area (Å²) in [4.78, 5) is 0.864. The van der Waals surface area contributed by atoms with Gasteiger partial charge in [-0.05, 0) is 35.9 Å². The topological polar surface area (TPSA) is 49.9 Å². The van der Waals surface area contributed by atoms with Crippen LogP contribution in [0.4, 0.5) is 0 Å². The number of rotatable bonds is 4. The lowest BCUT2D eigenvalue weighted by Gasteiger charge is -1.99. The number of hydrogen-bond donors (Lipinski definition) is 2. The third kappa shape index (κ3) is 2.25. The molecule has 16 heavy (non-hydrogen) atoms. The molecule has 0 amide bonds. The van der Waals surface area contributed by atoms with Crippen LogP contribution in [0.1, 0.15) is 30.2 Å². The Kier molecular flexibility index (Phi) is 3.25. The predicted octanol–water partition coefficient (Wildman–Crippen LogP) is 3.53. The molecule has 2 aromatic rings. The summed E-state index contributed by atoms with van der Waals surface area (Å²) >= 11 is 1.59. The van der Waals surface area contributed by atoms with Gasteiger partial charge in [0.2, 0.25) is 0 Å². The number of nitrogens with two attached hydrogens (primary N) is 1. The number of aryl methyl sites for hydroxylation is 1. The Morgan fingerprint density at radius 3 is 2.88 bits per heavy atom. The van der Waals surface area contributed by atoms with E-state index in [9.17, 15) is 0 Å². The molecule has 0 atom stereocenters. The second-order valence-electron chi connectivity index (χ2n) is 4.00. The number of benzene rings is 1. The van der Waals surface area contributed by atoms with E-state index in [4.69, 9.17) is 11.1 Å². The molecular formula is C13H16N2S. The van der Waals surface area contributed by atoms with E-state index >= 15 is 0 Å². The van der Waals surface area contributed by atoms with E-state index in [1.165, 1.54) is 28.5 Å². The summed E-state index contributed by atoms with van der Waals surface area (Å²) in [5.74, 6) is 0.163. The van der Waals surface area contributed by atoms with Gasteiger partial charge in [-0.25, -0.2) is 0 Å². The fourth-order valence-corrected chi connectivity index (χ4v) is 2.67. The molecule has 0 bridgehead atoms. The highest BCUT2D eigenvalue weighted by Gasteiger charge is 2.04. The first-order chi connectivity index (χ1) is 7.70. The van der Waals surface area contributed by atoms with Crippen LogP contribution in [-0.4, -0.2) is 5.84 Å². The van der Waals surface area contributed by atoms with Gasteiger partial charge >= 0.3 is 0 Å². The molecule has 1 aromatic carbocycles. The van der Waals surface area contributed by atoms with Crippen molar-refractivity contribution < 1.29 is 0 Å². The van der Waals surface area contributed by atoms with Crippen molar-refractivity contribution in [3.05, 3.63) is 34.7 Å². The summed E-state index contributed by atoms with van der Waals surface area (Å²) < 4.78 is 1.21. The highest BCUT2D eigenvalue weighted by molar-refractivity contribution is 7.20. The van der Waals surface area contributed by atoms with Crippen molar-refractivity contribution in [3.63, 3.8) is 0 Å². The normalized spacial score (nSPS) is 10.8. The van der Waals surface area contributed by atoms with E-state index in [0.717, 1.165) is 11.3 Å². The first-order valence-electron chi connectivity index (χ1n) is 5.57. The zero-order valence-electron chi connectivity index (χ0n) is 9.42. The first-order valence-corrected chi connectivity index (χ1v) is 6.39. The Hall–Kier alpha value is -1.35. The Morgan fingerprint density at radius 2 is 2.19 bits per heavy atom. The fourth-order valence-electron chi connectivity index (χ4n) is 1.76. The number of fused-ring (bicyclic) bond motifs is 1. The Balaban J connectivity index is 2.34. The summed E-state index contributed by atoms with van der Waals surface area (Å²) in [6.45, 7) is 2.21. The van der Waals surface area contributed by atoms with Crippen LogP contribution in [0, 0.1) is 5.41 Å². The van der Waals surface area contributed by atoms with Crippen molar-refractivity contribution in [2.45, 2.75) is 26.2 Å². The minimum Gasteiger partial charge on any atom is -0.383 e. The Labute approximate surface area is 99.6 Å². The van der Waals surface area contributed by atoms with E-state index in [1.807, 2.05) is 6.07 Å². The molecule has 0 aliphatic carbocycles.